The molecule has 0 aliphatic rings. The Morgan fingerprint density at radius 2 is 2.11 bits per heavy atom. The van der Waals surface area contributed by atoms with Crippen LogP contribution in [0.4, 0.5) is 4.39 Å². The molecule has 0 spiro atoms. The van der Waals surface area contributed by atoms with Crippen LogP contribution in [0.3, 0.4) is 0 Å². The van der Waals surface area contributed by atoms with Gasteiger partial charge in [-0.3, -0.25) is 0 Å². The molecule has 2 aromatic rings. The number of benzene rings is 1. The minimum Gasteiger partial charge on any atom is -0.436 e. The van der Waals surface area contributed by atoms with Gasteiger partial charge in [0.1, 0.15) is 0 Å². The highest BCUT2D eigenvalue weighted by atomic mass is 79.9. The summed E-state index contributed by atoms with van der Waals surface area (Å²) in [4.78, 5) is 4.09. The smallest absolute Gasteiger partial charge is 0.219 e. The largest absolute Gasteiger partial charge is 0.436 e. The minimum absolute atomic E-state index is 0.157. The molecule has 1 atom stereocenters. The van der Waals surface area contributed by atoms with Crippen molar-refractivity contribution in [2.75, 3.05) is 7.05 Å². The van der Waals surface area contributed by atoms with Crippen LogP contribution in [0.15, 0.2) is 41.0 Å². The van der Waals surface area contributed by atoms with E-state index in [1.807, 2.05) is 20.0 Å². The third kappa shape index (κ3) is 3.52. The van der Waals surface area contributed by atoms with Gasteiger partial charge in [-0.25, -0.2) is 9.37 Å². The highest BCUT2D eigenvalue weighted by Crippen LogP contribution is 2.26. The van der Waals surface area contributed by atoms with Crippen LogP contribution in [0.5, 0.6) is 11.6 Å². The van der Waals surface area contributed by atoms with Crippen LogP contribution in [0, 0.1) is 5.82 Å². The highest BCUT2D eigenvalue weighted by molar-refractivity contribution is 9.10. The quantitative estimate of drug-likeness (QED) is 0.921. The van der Waals surface area contributed by atoms with Crippen molar-refractivity contribution in [3.05, 3.63) is 52.4 Å². The zero-order chi connectivity index (χ0) is 13.8. The molecule has 0 amide bonds. The van der Waals surface area contributed by atoms with Crippen LogP contribution in [0.25, 0.3) is 0 Å². The van der Waals surface area contributed by atoms with Gasteiger partial charge in [0.05, 0.1) is 0 Å². The Morgan fingerprint density at radius 3 is 2.79 bits per heavy atom. The minimum atomic E-state index is -0.428. The monoisotopic (exact) mass is 324 g/mol. The molecule has 19 heavy (non-hydrogen) atoms. The van der Waals surface area contributed by atoms with E-state index in [1.165, 1.54) is 6.07 Å². The lowest BCUT2D eigenvalue weighted by Crippen LogP contribution is -2.12. The van der Waals surface area contributed by atoms with E-state index in [0.29, 0.717) is 10.4 Å². The number of rotatable bonds is 4. The fourth-order valence-corrected chi connectivity index (χ4v) is 1.92. The Kier molecular flexibility index (Phi) is 4.50. The molecule has 2 rings (SSSR count). The molecule has 0 aliphatic carbocycles. The summed E-state index contributed by atoms with van der Waals surface area (Å²) >= 11 is 3.20. The maximum absolute atomic E-state index is 13.7. The van der Waals surface area contributed by atoms with Gasteiger partial charge in [0.15, 0.2) is 11.6 Å². The third-order valence-corrected chi connectivity index (χ3v) is 3.29. The second-order valence-corrected chi connectivity index (χ2v) is 5.03. The average molecular weight is 325 g/mol. The molecule has 1 aromatic heterocycles. The first-order valence-electron chi connectivity index (χ1n) is 5.86. The van der Waals surface area contributed by atoms with Crippen LogP contribution >= 0.6 is 15.9 Å². The van der Waals surface area contributed by atoms with Gasteiger partial charge in [-0.2, -0.15) is 0 Å². The summed E-state index contributed by atoms with van der Waals surface area (Å²) in [6.07, 6.45) is 1.65. The fourth-order valence-electron chi connectivity index (χ4n) is 1.59. The first-order chi connectivity index (χ1) is 9.10. The van der Waals surface area contributed by atoms with Gasteiger partial charge in [-0.15, -0.1) is 0 Å². The summed E-state index contributed by atoms with van der Waals surface area (Å²) in [6.45, 7) is 2.03. The number of halogens is 2. The lowest BCUT2D eigenvalue weighted by Gasteiger charge is -2.12. The number of ether oxygens (including phenoxy) is 1. The van der Waals surface area contributed by atoms with Gasteiger partial charge in [0, 0.05) is 22.8 Å². The second kappa shape index (κ2) is 6.12. The predicted molar refractivity (Wildman–Crippen MR) is 75.9 cm³/mol. The molecule has 5 heteroatoms. The van der Waals surface area contributed by atoms with Gasteiger partial charge in [0.25, 0.3) is 0 Å². The number of aromatic nitrogens is 1. The molecule has 1 heterocycles. The van der Waals surface area contributed by atoms with Gasteiger partial charge < -0.3 is 10.1 Å². The second-order valence-electron chi connectivity index (χ2n) is 4.11. The fraction of sp³-hybridized carbons (Fsp3) is 0.214. The summed E-state index contributed by atoms with van der Waals surface area (Å²) in [6, 6.07) is 8.51. The number of nitrogens with zero attached hydrogens (tertiary/aromatic N) is 1. The van der Waals surface area contributed by atoms with E-state index >= 15 is 0 Å². The van der Waals surface area contributed by atoms with E-state index in [1.54, 1.807) is 24.4 Å². The summed E-state index contributed by atoms with van der Waals surface area (Å²) < 4.78 is 19.8. The molecular weight excluding hydrogens is 311 g/mol. The topological polar surface area (TPSA) is 34.2 Å². The summed E-state index contributed by atoms with van der Waals surface area (Å²) in [5, 5.41) is 3.13. The predicted octanol–water partition coefficient (Wildman–Crippen LogP) is 4.06. The van der Waals surface area contributed by atoms with Crippen molar-refractivity contribution in [2.24, 2.45) is 0 Å². The Morgan fingerprint density at radius 1 is 1.32 bits per heavy atom. The van der Waals surface area contributed by atoms with E-state index in [9.17, 15) is 4.39 Å². The summed E-state index contributed by atoms with van der Waals surface area (Å²) in [5.41, 5.74) is 1.03. The molecule has 1 aromatic carbocycles. The SMILES string of the molecule is CNC(C)c1ccnc(Oc2ccc(Br)cc2F)c1. The lowest BCUT2D eigenvalue weighted by atomic mass is 10.1. The van der Waals surface area contributed by atoms with E-state index < -0.39 is 5.82 Å². The average Bonchev–Trinajstić information content (AvgIpc) is 2.41. The zero-order valence-corrected chi connectivity index (χ0v) is 12.2. The van der Waals surface area contributed by atoms with E-state index in [0.717, 1.165) is 5.56 Å². The van der Waals surface area contributed by atoms with E-state index in [2.05, 4.69) is 26.2 Å². The van der Waals surface area contributed by atoms with Crippen LogP contribution in [-0.2, 0) is 0 Å². The number of hydrogen-bond donors (Lipinski definition) is 1. The first-order valence-corrected chi connectivity index (χ1v) is 6.65. The maximum Gasteiger partial charge on any atom is 0.219 e. The Bertz CT molecular complexity index is 577. The molecule has 0 bridgehead atoms. The number of nitrogens with one attached hydrogen (secondary N) is 1. The van der Waals surface area contributed by atoms with Crippen LogP contribution in [0.2, 0.25) is 0 Å². The molecule has 0 aliphatic heterocycles. The van der Waals surface area contributed by atoms with Gasteiger partial charge in [-0.1, -0.05) is 15.9 Å². The molecule has 1 N–H and O–H groups in total. The van der Waals surface area contributed by atoms with Gasteiger partial charge >= 0.3 is 0 Å². The Labute approximate surface area is 119 Å². The van der Waals surface area contributed by atoms with Gasteiger partial charge in [0.2, 0.25) is 5.88 Å². The summed E-state index contributed by atoms with van der Waals surface area (Å²) in [5.74, 6) is 0.106. The van der Waals surface area contributed by atoms with Crippen LogP contribution < -0.4 is 10.1 Å². The lowest BCUT2D eigenvalue weighted by molar-refractivity contribution is 0.426. The van der Waals surface area contributed by atoms with Gasteiger partial charge in [-0.05, 0) is 43.8 Å². The number of pyridine rings is 1. The molecule has 1 unspecified atom stereocenters. The van der Waals surface area contributed by atoms with Crippen molar-refractivity contribution in [1.82, 2.24) is 10.3 Å². The normalized spacial score (nSPS) is 12.2. The van der Waals surface area contributed by atoms with Crippen molar-refractivity contribution >= 4 is 15.9 Å². The Balaban J connectivity index is 2.23. The number of hydrogen-bond acceptors (Lipinski definition) is 3. The molecule has 0 fully saturated rings. The van der Waals surface area contributed by atoms with E-state index in [4.69, 9.17) is 4.74 Å². The molecular formula is C14H14BrFN2O. The van der Waals surface area contributed by atoms with Crippen LogP contribution in [-0.4, -0.2) is 12.0 Å². The van der Waals surface area contributed by atoms with Crippen molar-refractivity contribution in [3.8, 4) is 11.6 Å². The third-order valence-electron chi connectivity index (χ3n) is 2.80. The van der Waals surface area contributed by atoms with E-state index in [-0.39, 0.29) is 11.8 Å². The maximum atomic E-state index is 13.7. The van der Waals surface area contributed by atoms with Crippen molar-refractivity contribution in [1.29, 1.82) is 0 Å². The standard InChI is InChI=1S/C14H14BrFN2O/c1-9(17-2)10-5-6-18-14(7-10)19-13-4-3-11(15)8-12(13)16/h3-9,17H,1-2H3. The molecule has 0 saturated heterocycles. The van der Waals surface area contributed by atoms with Crippen molar-refractivity contribution in [2.45, 2.75) is 13.0 Å². The molecule has 100 valence electrons. The highest BCUT2D eigenvalue weighted by Gasteiger charge is 2.08. The summed E-state index contributed by atoms with van der Waals surface area (Å²) in [7, 11) is 1.88. The molecule has 0 radical (unpaired) electrons. The Hall–Kier alpha value is -1.46. The van der Waals surface area contributed by atoms with Crippen molar-refractivity contribution < 1.29 is 9.13 Å². The molecule has 0 saturated carbocycles. The zero-order valence-electron chi connectivity index (χ0n) is 10.7. The van der Waals surface area contributed by atoms with Crippen LogP contribution in [0.1, 0.15) is 18.5 Å². The molecule has 3 nitrogen and oxygen atoms in total. The van der Waals surface area contributed by atoms with Crippen molar-refractivity contribution in [3.63, 3.8) is 0 Å². The first kappa shape index (κ1) is 14.0.